The number of hydrogen-bond acceptors (Lipinski definition) is 5. The largest absolute Gasteiger partial charge is 0.418 e. The zero-order chi connectivity index (χ0) is 31.0. The molecule has 43 heavy (non-hydrogen) atoms. The van der Waals surface area contributed by atoms with Crippen molar-refractivity contribution in [1.29, 1.82) is 0 Å². The summed E-state index contributed by atoms with van der Waals surface area (Å²) in [4.78, 5) is 40.4. The minimum Gasteiger partial charge on any atom is -0.325 e. The molecular formula is C31H25ClF3N3O3S2. The summed E-state index contributed by atoms with van der Waals surface area (Å²) in [5.41, 5.74) is -0.610. The van der Waals surface area contributed by atoms with Crippen LogP contribution < -0.4 is 16.0 Å². The van der Waals surface area contributed by atoms with E-state index in [1.807, 2.05) is 17.5 Å². The Bertz CT molecular complexity index is 1630. The number of thioether (sulfide) groups is 1. The van der Waals surface area contributed by atoms with Crippen molar-refractivity contribution in [3.63, 3.8) is 0 Å². The normalized spacial score (nSPS) is 12.3. The quantitative estimate of drug-likeness (QED) is 0.120. The number of amides is 3. The zero-order valence-corrected chi connectivity index (χ0v) is 25.0. The van der Waals surface area contributed by atoms with Gasteiger partial charge >= 0.3 is 6.18 Å². The number of anilines is 2. The zero-order valence-electron chi connectivity index (χ0n) is 22.6. The molecule has 6 nitrogen and oxygen atoms in total. The first-order valence-electron chi connectivity index (χ1n) is 12.9. The van der Waals surface area contributed by atoms with Crippen LogP contribution in [0.15, 0.2) is 101 Å². The lowest BCUT2D eigenvalue weighted by molar-refractivity contribution is -0.137. The van der Waals surface area contributed by atoms with Crippen LogP contribution in [0.25, 0.3) is 6.08 Å². The van der Waals surface area contributed by atoms with E-state index in [2.05, 4.69) is 16.0 Å². The second-order valence-corrected chi connectivity index (χ2v) is 11.8. The van der Waals surface area contributed by atoms with Crippen molar-refractivity contribution in [2.24, 2.45) is 0 Å². The Kier molecular flexibility index (Phi) is 10.7. The number of nitrogens with one attached hydrogen (secondary N) is 3. The Morgan fingerprint density at radius 1 is 0.953 bits per heavy atom. The Balaban J connectivity index is 1.48. The molecule has 0 aliphatic carbocycles. The van der Waals surface area contributed by atoms with Crippen LogP contribution in [-0.4, -0.2) is 23.0 Å². The van der Waals surface area contributed by atoms with E-state index >= 15 is 0 Å². The van der Waals surface area contributed by atoms with Crippen molar-refractivity contribution in [2.75, 3.05) is 10.6 Å². The molecule has 1 atom stereocenters. The van der Waals surface area contributed by atoms with E-state index in [1.54, 1.807) is 67.6 Å². The molecule has 0 saturated carbocycles. The summed E-state index contributed by atoms with van der Waals surface area (Å²) in [5.74, 6) is -1.62. The van der Waals surface area contributed by atoms with E-state index in [9.17, 15) is 27.6 Å². The number of carbonyl (C=O) groups excluding carboxylic acids is 3. The van der Waals surface area contributed by atoms with Gasteiger partial charge in [0, 0.05) is 26.0 Å². The van der Waals surface area contributed by atoms with Crippen LogP contribution >= 0.6 is 34.7 Å². The predicted molar refractivity (Wildman–Crippen MR) is 166 cm³/mol. The van der Waals surface area contributed by atoms with Gasteiger partial charge in [0.15, 0.2) is 0 Å². The number of benzene rings is 3. The van der Waals surface area contributed by atoms with Crippen LogP contribution in [0.2, 0.25) is 5.02 Å². The van der Waals surface area contributed by atoms with Crippen LogP contribution in [0.5, 0.6) is 0 Å². The fourth-order valence-electron chi connectivity index (χ4n) is 3.86. The van der Waals surface area contributed by atoms with Gasteiger partial charge in [-0.05, 0) is 72.5 Å². The van der Waals surface area contributed by atoms with E-state index in [0.29, 0.717) is 22.6 Å². The van der Waals surface area contributed by atoms with Crippen molar-refractivity contribution < 1.29 is 27.6 Å². The molecule has 1 aromatic heterocycles. The summed E-state index contributed by atoms with van der Waals surface area (Å²) < 4.78 is 40.5. The van der Waals surface area contributed by atoms with Gasteiger partial charge in [-0.25, -0.2) is 0 Å². The third-order valence-corrected chi connectivity index (χ3v) is 8.35. The van der Waals surface area contributed by atoms with Gasteiger partial charge in [-0.2, -0.15) is 13.2 Å². The van der Waals surface area contributed by atoms with E-state index in [1.165, 1.54) is 17.4 Å². The smallest absolute Gasteiger partial charge is 0.325 e. The van der Waals surface area contributed by atoms with Gasteiger partial charge in [0.2, 0.25) is 5.91 Å². The molecule has 3 N–H and O–H groups in total. The average Bonchev–Trinajstić information content (AvgIpc) is 3.49. The molecule has 4 aromatic rings. The molecule has 12 heteroatoms. The van der Waals surface area contributed by atoms with E-state index in [4.69, 9.17) is 11.6 Å². The third kappa shape index (κ3) is 8.96. The van der Waals surface area contributed by atoms with Gasteiger partial charge in [-0.15, -0.1) is 23.1 Å². The summed E-state index contributed by atoms with van der Waals surface area (Å²) in [6, 6.07) is 22.0. The standard InChI is InChI=1S/C31H25ClF3N3O3S2/c1-2-27(30(41)37-25-14-13-20(32)16-24(25)31(33,34)35)43-23-11-6-10-21(17-23)36-29(40)26(18-22-12-7-15-42-22)38-28(39)19-8-4-3-5-9-19/h3-18,27H,2H2,1H3,(H,36,40)(H,37,41)(H,38,39)/b26-18-. The monoisotopic (exact) mass is 643 g/mol. The molecule has 0 aliphatic rings. The number of halogens is 4. The van der Waals surface area contributed by atoms with E-state index in [-0.39, 0.29) is 16.4 Å². The lowest BCUT2D eigenvalue weighted by Crippen LogP contribution is -2.30. The van der Waals surface area contributed by atoms with Gasteiger partial charge in [0.25, 0.3) is 11.8 Å². The van der Waals surface area contributed by atoms with Crippen LogP contribution in [0, 0.1) is 0 Å². The lowest BCUT2D eigenvalue weighted by atomic mass is 10.1. The second kappa shape index (κ2) is 14.4. The summed E-state index contributed by atoms with van der Waals surface area (Å²) in [6.45, 7) is 1.74. The SMILES string of the molecule is CCC(Sc1cccc(NC(=O)/C(=C/c2cccs2)NC(=O)c2ccccc2)c1)C(=O)Nc1ccc(Cl)cc1C(F)(F)F. The first-order valence-corrected chi connectivity index (χ1v) is 15.0. The average molecular weight is 644 g/mol. The van der Waals surface area contributed by atoms with Crippen molar-refractivity contribution in [1.82, 2.24) is 5.32 Å². The second-order valence-electron chi connectivity index (χ2n) is 9.07. The summed E-state index contributed by atoms with van der Waals surface area (Å²) in [5, 5.41) is 8.84. The summed E-state index contributed by atoms with van der Waals surface area (Å²) >= 11 is 8.28. The Morgan fingerprint density at radius 3 is 2.40 bits per heavy atom. The molecule has 0 saturated heterocycles. The van der Waals surface area contributed by atoms with Crippen LogP contribution in [0.1, 0.15) is 34.1 Å². The molecule has 222 valence electrons. The minimum atomic E-state index is -4.70. The number of hydrogen-bond donors (Lipinski definition) is 3. The van der Waals surface area contributed by atoms with E-state index < -0.39 is 34.7 Å². The fourth-order valence-corrected chi connectivity index (χ4v) is 5.71. The molecule has 0 spiro atoms. The molecule has 0 aliphatic heterocycles. The highest BCUT2D eigenvalue weighted by atomic mass is 35.5. The van der Waals surface area contributed by atoms with Gasteiger partial charge in [0.1, 0.15) is 5.70 Å². The number of thiophene rings is 1. The van der Waals surface area contributed by atoms with Gasteiger partial charge in [-0.3, -0.25) is 14.4 Å². The van der Waals surface area contributed by atoms with Gasteiger partial charge in [0.05, 0.1) is 16.5 Å². The molecule has 3 amide bonds. The van der Waals surface area contributed by atoms with Crippen molar-refractivity contribution in [3.8, 4) is 0 Å². The summed E-state index contributed by atoms with van der Waals surface area (Å²) in [7, 11) is 0. The fraction of sp³-hybridized carbons (Fsp3) is 0.129. The van der Waals surface area contributed by atoms with E-state index in [0.717, 1.165) is 28.8 Å². The van der Waals surface area contributed by atoms with Crippen LogP contribution in [-0.2, 0) is 15.8 Å². The van der Waals surface area contributed by atoms with Crippen molar-refractivity contribution >= 4 is 69.9 Å². The maximum Gasteiger partial charge on any atom is 0.418 e. The highest BCUT2D eigenvalue weighted by Gasteiger charge is 2.34. The minimum absolute atomic E-state index is 0.0311. The third-order valence-electron chi connectivity index (χ3n) is 5.94. The molecule has 0 bridgehead atoms. The Hall–Kier alpha value is -4.06. The predicted octanol–water partition coefficient (Wildman–Crippen LogP) is 8.34. The molecule has 1 unspecified atom stereocenters. The maximum atomic E-state index is 13.5. The molecule has 1 heterocycles. The Labute approximate surface area is 259 Å². The van der Waals surface area contributed by atoms with Crippen molar-refractivity contribution in [3.05, 3.63) is 117 Å². The van der Waals surface area contributed by atoms with Crippen LogP contribution in [0.4, 0.5) is 24.5 Å². The maximum absolute atomic E-state index is 13.5. The summed E-state index contributed by atoms with van der Waals surface area (Å²) in [6.07, 6.45) is -2.81. The number of rotatable bonds is 10. The first kappa shape index (κ1) is 31.9. The molecule has 4 rings (SSSR count). The number of alkyl halides is 3. The van der Waals surface area contributed by atoms with Crippen LogP contribution in [0.3, 0.4) is 0 Å². The molecule has 0 fully saturated rings. The molecular weight excluding hydrogens is 619 g/mol. The molecule has 0 radical (unpaired) electrons. The highest BCUT2D eigenvalue weighted by Crippen LogP contribution is 2.37. The number of carbonyl (C=O) groups is 3. The van der Waals surface area contributed by atoms with Gasteiger partial charge < -0.3 is 16.0 Å². The topological polar surface area (TPSA) is 87.3 Å². The Morgan fingerprint density at radius 2 is 1.72 bits per heavy atom. The first-order chi connectivity index (χ1) is 20.5. The van der Waals surface area contributed by atoms with Crippen molar-refractivity contribution in [2.45, 2.75) is 29.7 Å². The molecule has 3 aromatic carbocycles. The highest BCUT2D eigenvalue weighted by molar-refractivity contribution is 8.00. The van der Waals surface area contributed by atoms with Gasteiger partial charge in [-0.1, -0.05) is 48.9 Å². The lowest BCUT2D eigenvalue weighted by Gasteiger charge is -2.18.